The van der Waals surface area contributed by atoms with E-state index in [1.165, 1.54) is 23.3 Å². The normalized spacial score (nSPS) is 15.2. The third-order valence-corrected chi connectivity index (χ3v) is 6.12. The highest BCUT2D eigenvalue weighted by Crippen LogP contribution is 2.36. The van der Waals surface area contributed by atoms with Crippen molar-refractivity contribution in [1.82, 2.24) is 4.90 Å². The van der Waals surface area contributed by atoms with E-state index in [-0.39, 0.29) is 5.82 Å². The molecule has 1 saturated heterocycles. The zero-order valence-corrected chi connectivity index (χ0v) is 15.4. The number of hydrogen-bond acceptors (Lipinski definition) is 2. The van der Waals surface area contributed by atoms with Crippen molar-refractivity contribution in [3.63, 3.8) is 0 Å². The molecule has 4 rings (SSSR count). The molecule has 1 fully saturated rings. The van der Waals surface area contributed by atoms with Crippen molar-refractivity contribution >= 4 is 11.8 Å². The molecular formula is C23H22FNS. The molecule has 3 aromatic carbocycles. The van der Waals surface area contributed by atoms with Crippen LogP contribution in [-0.4, -0.2) is 23.7 Å². The van der Waals surface area contributed by atoms with Crippen molar-refractivity contribution in [2.45, 2.75) is 10.9 Å². The standard InChI is InChI=1S/C23H22FNS/c24-21-11-13-22(14-12-21)26-17-18-15-25(16-18)23(19-7-3-1-4-8-19)20-9-5-2-6-10-20/h1-14,18,23H,15-17H2. The van der Waals surface area contributed by atoms with Gasteiger partial charge in [-0.05, 0) is 41.3 Å². The summed E-state index contributed by atoms with van der Waals surface area (Å²) < 4.78 is 13.0. The topological polar surface area (TPSA) is 3.24 Å². The van der Waals surface area contributed by atoms with E-state index in [1.807, 2.05) is 23.9 Å². The SMILES string of the molecule is Fc1ccc(SCC2CN(C(c3ccccc3)c3ccccc3)C2)cc1. The van der Waals surface area contributed by atoms with Gasteiger partial charge in [-0.3, -0.25) is 4.90 Å². The molecule has 0 radical (unpaired) electrons. The second kappa shape index (κ2) is 8.07. The second-order valence-electron chi connectivity index (χ2n) is 6.81. The Hall–Kier alpha value is -2.10. The molecule has 1 aliphatic heterocycles. The monoisotopic (exact) mass is 363 g/mol. The molecule has 3 aromatic rings. The lowest BCUT2D eigenvalue weighted by molar-refractivity contribution is 0.0822. The molecule has 1 heterocycles. The molecule has 0 amide bonds. The van der Waals surface area contributed by atoms with Crippen LogP contribution in [0.3, 0.4) is 0 Å². The molecule has 0 N–H and O–H groups in total. The molecule has 26 heavy (non-hydrogen) atoms. The fourth-order valence-electron chi connectivity index (χ4n) is 3.56. The Labute approximate surface area is 158 Å². The lowest BCUT2D eigenvalue weighted by atomic mass is 9.91. The molecule has 1 aliphatic rings. The van der Waals surface area contributed by atoms with Crippen LogP contribution in [0, 0.1) is 11.7 Å². The van der Waals surface area contributed by atoms with Crippen molar-refractivity contribution < 1.29 is 4.39 Å². The van der Waals surface area contributed by atoms with E-state index in [0.29, 0.717) is 12.0 Å². The Kier molecular flexibility index (Phi) is 5.37. The van der Waals surface area contributed by atoms with Gasteiger partial charge in [-0.1, -0.05) is 60.7 Å². The summed E-state index contributed by atoms with van der Waals surface area (Å²) in [7, 11) is 0. The Morgan fingerprint density at radius 2 is 1.35 bits per heavy atom. The van der Waals surface area contributed by atoms with Crippen LogP contribution in [0.4, 0.5) is 4.39 Å². The van der Waals surface area contributed by atoms with Crippen LogP contribution in [0.1, 0.15) is 17.2 Å². The number of benzene rings is 3. The lowest BCUT2D eigenvalue weighted by Gasteiger charge is -2.45. The smallest absolute Gasteiger partial charge is 0.123 e. The number of thioether (sulfide) groups is 1. The number of hydrogen-bond donors (Lipinski definition) is 0. The first kappa shape index (κ1) is 17.3. The molecule has 0 unspecified atom stereocenters. The summed E-state index contributed by atoms with van der Waals surface area (Å²) in [6.07, 6.45) is 0. The third-order valence-electron chi connectivity index (χ3n) is 4.88. The van der Waals surface area contributed by atoms with E-state index >= 15 is 0 Å². The van der Waals surface area contributed by atoms with Crippen molar-refractivity contribution in [2.24, 2.45) is 5.92 Å². The molecule has 1 nitrogen and oxygen atoms in total. The average molecular weight is 364 g/mol. The van der Waals surface area contributed by atoms with Gasteiger partial charge in [0, 0.05) is 23.7 Å². The minimum Gasteiger partial charge on any atom is -0.292 e. The summed E-state index contributed by atoms with van der Waals surface area (Å²) in [5.74, 6) is 1.59. The van der Waals surface area contributed by atoms with Crippen LogP contribution in [0.5, 0.6) is 0 Å². The average Bonchev–Trinajstić information content (AvgIpc) is 2.66. The Balaban J connectivity index is 1.40. The van der Waals surface area contributed by atoms with Gasteiger partial charge in [0.05, 0.1) is 6.04 Å². The van der Waals surface area contributed by atoms with Gasteiger partial charge in [0.15, 0.2) is 0 Å². The molecule has 0 atom stereocenters. The van der Waals surface area contributed by atoms with Gasteiger partial charge >= 0.3 is 0 Å². The van der Waals surface area contributed by atoms with Crippen LogP contribution in [-0.2, 0) is 0 Å². The Morgan fingerprint density at radius 1 is 0.808 bits per heavy atom. The van der Waals surface area contributed by atoms with E-state index in [0.717, 1.165) is 23.7 Å². The highest BCUT2D eigenvalue weighted by Gasteiger charge is 2.33. The fraction of sp³-hybridized carbons (Fsp3) is 0.217. The van der Waals surface area contributed by atoms with Gasteiger partial charge in [-0.25, -0.2) is 4.39 Å². The molecule has 0 saturated carbocycles. The quantitative estimate of drug-likeness (QED) is 0.522. The highest BCUT2D eigenvalue weighted by atomic mass is 32.2. The first-order valence-electron chi connectivity index (χ1n) is 9.02. The predicted molar refractivity (Wildman–Crippen MR) is 107 cm³/mol. The molecule has 132 valence electrons. The third kappa shape index (κ3) is 4.00. The van der Waals surface area contributed by atoms with Crippen LogP contribution in [0.25, 0.3) is 0 Å². The van der Waals surface area contributed by atoms with Gasteiger partial charge in [0.2, 0.25) is 0 Å². The van der Waals surface area contributed by atoms with Crippen LogP contribution in [0.15, 0.2) is 89.8 Å². The van der Waals surface area contributed by atoms with E-state index < -0.39 is 0 Å². The number of nitrogens with zero attached hydrogens (tertiary/aromatic N) is 1. The zero-order valence-electron chi connectivity index (χ0n) is 14.6. The van der Waals surface area contributed by atoms with Crippen molar-refractivity contribution in [1.29, 1.82) is 0 Å². The number of halogens is 1. The first-order chi connectivity index (χ1) is 12.8. The van der Waals surface area contributed by atoms with Crippen molar-refractivity contribution in [3.05, 3.63) is 102 Å². The minimum atomic E-state index is -0.169. The Morgan fingerprint density at radius 3 is 1.88 bits per heavy atom. The summed E-state index contributed by atoms with van der Waals surface area (Å²) in [5.41, 5.74) is 2.70. The highest BCUT2D eigenvalue weighted by molar-refractivity contribution is 7.99. The molecule has 0 bridgehead atoms. The van der Waals surface area contributed by atoms with E-state index in [2.05, 4.69) is 65.6 Å². The van der Waals surface area contributed by atoms with E-state index in [4.69, 9.17) is 0 Å². The molecule has 0 aromatic heterocycles. The van der Waals surface area contributed by atoms with Crippen molar-refractivity contribution in [2.75, 3.05) is 18.8 Å². The predicted octanol–water partition coefficient (Wildman–Crippen LogP) is 5.64. The van der Waals surface area contributed by atoms with E-state index in [1.54, 1.807) is 0 Å². The van der Waals surface area contributed by atoms with Crippen LogP contribution >= 0.6 is 11.8 Å². The number of rotatable bonds is 6. The summed E-state index contributed by atoms with van der Waals surface area (Å²) in [6.45, 7) is 2.20. The minimum absolute atomic E-state index is 0.169. The second-order valence-corrected chi connectivity index (χ2v) is 7.90. The number of likely N-dealkylation sites (tertiary alicyclic amines) is 1. The largest absolute Gasteiger partial charge is 0.292 e. The zero-order chi connectivity index (χ0) is 17.8. The van der Waals surface area contributed by atoms with Gasteiger partial charge in [0.1, 0.15) is 5.82 Å². The maximum absolute atomic E-state index is 13.0. The van der Waals surface area contributed by atoms with Crippen molar-refractivity contribution in [3.8, 4) is 0 Å². The van der Waals surface area contributed by atoms with Gasteiger partial charge < -0.3 is 0 Å². The summed E-state index contributed by atoms with van der Waals surface area (Å²) in [6, 6.07) is 28.6. The molecule has 0 aliphatic carbocycles. The summed E-state index contributed by atoms with van der Waals surface area (Å²) in [4.78, 5) is 3.70. The van der Waals surface area contributed by atoms with Gasteiger partial charge in [-0.15, -0.1) is 11.8 Å². The molecule has 0 spiro atoms. The summed E-state index contributed by atoms with van der Waals surface area (Å²) >= 11 is 1.83. The summed E-state index contributed by atoms with van der Waals surface area (Å²) in [5, 5.41) is 0. The van der Waals surface area contributed by atoms with Gasteiger partial charge in [-0.2, -0.15) is 0 Å². The van der Waals surface area contributed by atoms with Gasteiger partial charge in [0.25, 0.3) is 0 Å². The lowest BCUT2D eigenvalue weighted by Crippen LogP contribution is -2.49. The van der Waals surface area contributed by atoms with E-state index in [9.17, 15) is 4.39 Å². The maximum atomic E-state index is 13.0. The molecule has 3 heteroatoms. The van der Waals surface area contributed by atoms with Crippen LogP contribution in [0.2, 0.25) is 0 Å². The fourth-order valence-corrected chi connectivity index (χ4v) is 4.52. The maximum Gasteiger partial charge on any atom is 0.123 e. The van der Waals surface area contributed by atoms with Crippen LogP contribution < -0.4 is 0 Å². The molecular weight excluding hydrogens is 341 g/mol. The Bertz CT molecular complexity index is 774. The first-order valence-corrected chi connectivity index (χ1v) is 10.0.